The first-order valence-corrected chi connectivity index (χ1v) is 5.16. The van der Waals surface area contributed by atoms with Gasteiger partial charge in [0.1, 0.15) is 5.69 Å². The van der Waals surface area contributed by atoms with Crippen LogP contribution >= 0.6 is 0 Å². The van der Waals surface area contributed by atoms with E-state index in [0.29, 0.717) is 6.04 Å². The molecule has 2 N–H and O–H groups in total. The molecule has 1 aromatic heterocycles. The maximum atomic E-state index is 10.6. The molecule has 2 rings (SSSR count). The van der Waals surface area contributed by atoms with Crippen LogP contribution in [0.15, 0.2) is 18.3 Å². The van der Waals surface area contributed by atoms with Gasteiger partial charge in [0.15, 0.2) is 0 Å². The summed E-state index contributed by atoms with van der Waals surface area (Å²) in [4.78, 5) is 14.4. The summed E-state index contributed by atoms with van der Waals surface area (Å²) < 4.78 is 0. The highest BCUT2D eigenvalue weighted by Gasteiger charge is 2.34. The Hall–Kier alpha value is -1.58. The van der Waals surface area contributed by atoms with Crippen LogP contribution in [0.1, 0.15) is 30.3 Å². The number of nitrogens with one attached hydrogen (secondary N) is 1. The fourth-order valence-corrected chi connectivity index (χ4v) is 1.70. The summed E-state index contributed by atoms with van der Waals surface area (Å²) in [5, 5.41) is 12.0. The van der Waals surface area contributed by atoms with Crippen LogP contribution in [-0.4, -0.2) is 22.1 Å². The van der Waals surface area contributed by atoms with Crippen molar-refractivity contribution in [1.29, 1.82) is 0 Å². The zero-order valence-electron chi connectivity index (χ0n) is 8.60. The van der Waals surface area contributed by atoms with Crippen molar-refractivity contribution in [3.8, 4) is 0 Å². The lowest BCUT2D eigenvalue weighted by Crippen LogP contribution is -2.06. The highest BCUT2D eigenvalue weighted by atomic mass is 16.4. The average Bonchev–Trinajstić information content (AvgIpc) is 2.97. The molecule has 0 radical (unpaired) electrons. The van der Waals surface area contributed by atoms with E-state index in [9.17, 15) is 4.79 Å². The quantitative estimate of drug-likeness (QED) is 0.790. The fraction of sp³-hybridized carbons (Fsp3) is 0.455. The van der Waals surface area contributed by atoms with Crippen LogP contribution in [0.3, 0.4) is 0 Å². The second-order valence-corrected chi connectivity index (χ2v) is 3.89. The lowest BCUT2D eigenvalue weighted by atomic mass is 10.3. The second kappa shape index (κ2) is 3.88. The van der Waals surface area contributed by atoms with Crippen molar-refractivity contribution in [2.24, 2.45) is 5.92 Å². The highest BCUT2D eigenvalue weighted by molar-refractivity contribution is 5.85. The molecule has 0 aliphatic heterocycles. The lowest BCUT2D eigenvalue weighted by Gasteiger charge is -2.04. The van der Waals surface area contributed by atoms with Gasteiger partial charge in [-0.15, -0.1) is 0 Å². The normalized spacial score (nSPS) is 23.5. The Labute approximate surface area is 88.3 Å². The maximum Gasteiger partial charge on any atom is 0.354 e. The van der Waals surface area contributed by atoms with Gasteiger partial charge in [-0.1, -0.05) is 13.3 Å². The standard InChI is InChI=1S/C11H14N2O2/c1-2-7-5-10(7)13-8-3-4-9(11(14)15)12-6-8/h3-4,6-7,10,13H,2,5H2,1H3,(H,14,15). The molecule has 0 amide bonds. The van der Waals surface area contributed by atoms with Crippen LogP contribution in [-0.2, 0) is 0 Å². The van der Waals surface area contributed by atoms with Crippen LogP contribution in [0.25, 0.3) is 0 Å². The molecular weight excluding hydrogens is 192 g/mol. The van der Waals surface area contributed by atoms with Crippen molar-refractivity contribution in [2.75, 3.05) is 5.32 Å². The number of rotatable bonds is 4. The molecule has 80 valence electrons. The predicted molar refractivity (Wildman–Crippen MR) is 57.0 cm³/mol. The van der Waals surface area contributed by atoms with Crippen molar-refractivity contribution < 1.29 is 9.90 Å². The van der Waals surface area contributed by atoms with Gasteiger partial charge in [0.05, 0.1) is 11.9 Å². The average molecular weight is 206 g/mol. The number of hydrogen-bond acceptors (Lipinski definition) is 3. The van der Waals surface area contributed by atoms with Crippen molar-refractivity contribution in [2.45, 2.75) is 25.8 Å². The Kier molecular flexibility index (Phi) is 2.58. The summed E-state index contributed by atoms with van der Waals surface area (Å²) in [6.07, 6.45) is 3.98. The molecule has 2 unspecified atom stereocenters. The van der Waals surface area contributed by atoms with Gasteiger partial charge >= 0.3 is 5.97 Å². The third-order valence-electron chi connectivity index (χ3n) is 2.78. The van der Waals surface area contributed by atoms with Crippen LogP contribution in [0.2, 0.25) is 0 Å². The number of carboxylic acids is 1. The summed E-state index contributed by atoms with van der Waals surface area (Å²) in [5.41, 5.74) is 0.990. The summed E-state index contributed by atoms with van der Waals surface area (Å²) >= 11 is 0. The van der Waals surface area contributed by atoms with Gasteiger partial charge in [0, 0.05) is 6.04 Å². The number of carbonyl (C=O) groups is 1. The Morgan fingerprint density at radius 3 is 2.93 bits per heavy atom. The molecule has 0 aromatic carbocycles. The van der Waals surface area contributed by atoms with Gasteiger partial charge in [0.25, 0.3) is 0 Å². The Morgan fingerprint density at radius 2 is 2.47 bits per heavy atom. The monoisotopic (exact) mass is 206 g/mol. The summed E-state index contributed by atoms with van der Waals surface area (Å²) in [5.74, 6) is -0.219. The molecule has 1 heterocycles. The molecular formula is C11H14N2O2. The van der Waals surface area contributed by atoms with E-state index in [2.05, 4.69) is 17.2 Å². The number of carboxylic acid groups (broad SMARTS) is 1. The molecule has 1 aliphatic carbocycles. The number of nitrogens with zero attached hydrogens (tertiary/aromatic N) is 1. The molecule has 0 spiro atoms. The van der Waals surface area contributed by atoms with Crippen LogP contribution in [0.5, 0.6) is 0 Å². The number of aromatic carboxylic acids is 1. The minimum Gasteiger partial charge on any atom is -0.477 e. The molecule has 0 bridgehead atoms. The van der Waals surface area contributed by atoms with Gasteiger partial charge in [-0.05, 0) is 24.5 Å². The number of aromatic nitrogens is 1. The summed E-state index contributed by atoms with van der Waals surface area (Å²) in [6, 6.07) is 3.84. The Balaban J connectivity index is 1.96. The molecule has 2 atom stereocenters. The van der Waals surface area contributed by atoms with E-state index in [1.165, 1.54) is 18.9 Å². The third-order valence-corrected chi connectivity index (χ3v) is 2.78. The Bertz CT molecular complexity index is 361. The van der Waals surface area contributed by atoms with Gasteiger partial charge in [-0.3, -0.25) is 0 Å². The maximum absolute atomic E-state index is 10.6. The van der Waals surface area contributed by atoms with E-state index in [-0.39, 0.29) is 5.69 Å². The smallest absolute Gasteiger partial charge is 0.354 e. The molecule has 1 aromatic rings. The number of anilines is 1. The number of hydrogen-bond donors (Lipinski definition) is 2. The number of pyridine rings is 1. The minimum atomic E-state index is -0.987. The molecule has 15 heavy (non-hydrogen) atoms. The predicted octanol–water partition coefficient (Wildman–Crippen LogP) is 1.99. The first kappa shape index (κ1) is 9.96. The zero-order chi connectivity index (χ0) is 10.8. The van der Waals surface area contributed by atoms with E-state index < -0.39 is 5.97 Å². The molecule has 4 heteroatoms. The summed E-state index contributed by atoms with van der Waals surface area (Å²) in [6.45, 7) is 2.18. The highest BCUT2D eigenvalue weighted by Crippen LogP contribution is 2.35. The van der Waals surface area contributed by atoms with E-state index in [1.807, 2.05) is 0 Å². The molecule has 4 nitrogen and oxygen atoms in total. The van der Waals surface area contributed by atoms with Gasteiger partial charge in [-0.25, -0.2) is 9.78 Å². The van der Waals surface area contributed by atoms with Gasteiger partial charge < -0.3 is 10.4 Å². The zero-order valence-corrected chi connectivity index (χ0v) is 8.60. The van der Waals surface area contributed by atoms with E-state index in [1.54, 1.807) is 12.3 Å². The van der Waals surface area contributed by atoms with Crippen molar-refractivity contribution in [3.05, 3.63) is 24.0 Å². The first-order chi connectivity index (χ1) is 7.20. The van der Waals surface area contributed by atoms with E-state index in [0.717, 1.165) is 11.6 Å². The fourth-order valence-electron chi connectivity index (χ4n) is 1.70. The van der Waals surface area contributed by atoms with E-state index in [4.69, 9.17) is 5.11 Å². The van der Waals surface area contributed by atoms with Gasteiger partial charge in [-0.2, -0.15) is 0 Å². The van der Waals surface area contributed by atoms with Crippen molar-refractivity contribution in [3.63, 3.8) is 0 Å². The van der Waals surface area contributed by atoms with Crippen LogP contribution in [0.4, 0.5) is 5.69 Å². The third kappa shape index (κ3) is 2.26. The summed E-state index contributed by atoms with van der Waals surface area (Å²) in [7, 11) is 0. The second-order valence-electron chi connectivity index (χ2n) is 3.89. The first-order valence-electron chi connectivity index (χ1n) is 5.16. The molecule has 1 aliphatic rings. The van der Waals surface area contributed by atoms with Crippen molar-refractivity contribution in [1.82, 2.24) is 4.98 Å². The van der Waals surface area contributed by atoms with Crippen molar-refractivity contribution >= 4 is 11.7 Å². The minimum absolute atomic E-state index is 0.0865. The van der Waals surface area contributed by atoms with E-state index >= 15 is 0 Å². The topological polar surface area (TPSA) is 62.2 Å². The lowest BCUT2D eigenvalue weighted by molar-refractivity contribution is 0.0690. The molecule has 0 saturated heterocycles. The van der Waals surface area contributed by atoms with Crippen LogP contribution < -0.4 is 5.32 Å². The van der Waals surface area contributed by atoms with Crippen LogP contribution in [0, 0.1) is 5.92 Å². The Morgan fingerprint density at radius 1 is 1.67 bits per heavy atom. The molecule has 1 saturated carbocycles. The molecule has 1 fully saturated rings. The largest absolute Gasteiger partial charge is 0.477 e. The SMILES string of the molecule is CCC1CC1Nc1ccc(C(=O)O)nc1. The van der Waals surface area contributed by atoms with Gasteiger partial charge in [0.2, 0.25) is 0 Å².